The van der Waals surface area contributed by atoms with Gasteiger partial charge in [0.25, 0.3) is 0 Å². The average molecular weight is 220 g/mol. The molecule has 0 saturated heterocycles. The van der Waals surface area contributed by atoms with Crippen molar-refractivity contribution in [3.63, 3.8) is 0 Å². The van der Waals surface area contributed by atoms with Crippen LogP contribution in [0.15, 0.2) is 30.8 Å². The minimum absolute atomic E-state index is 0.793. The van der Waals surface area contributed by atoms with Crippen LogP contribution in [0.5, 0.6) is 0 Å². The fraction of sp³-hybridized carbons (Fsp3) is 0.385. The minimum Gasteiger partial charge on any atom is -0.413 e. The van der Waals surface area contributed by atoms with Crippen LogP contribution in [-0.2, 0) is 4.43 Å². The van der Waals surface area contributed by atoms with Crippen LogP contribution in [0.3, 0.4) is 0 Å². The summed E-state index contributed by atoms with van der Waals surface area (Å²) in [5, 5.41) is 1.34. The Hall–Kier alpha value is -0.863. The highest BCUT2D eigenvalue weighted by Gasteiger charge is 2.24. The molecule has 0 aliphatic carbocycles. The molecular formula is C13H20OSi. The molecule has 0 aliphatic heterocycles. The second-order valence-electron chi connectivity index (χ2n) is 4.30. The van der Waals surface area contributed by atoms with Gasteiger partial charge < -0.3 is 4.43 Å². The van der Waals surface area contributed by atoms with E-state index in [1.807, 2.05) is 6.92 Å². The van der Waals surface area contributed by atoms with E-state index in [1.165, 1.54) is 10.8 Å². The zero-order valence-corrected chi connectivity index (χ0v) is 11.1. The van der Waals surface area contributed by atoms with Crippen molar-refractivity contribution in [3.05, 3.63) is 36.4 Å². The molecule has 82 valence electrons. The van der Waals surface area contributed by atoms with E-state index in [0.29, 0.717) is 0 Å². The van der Waals surface area contributed by atoms with Crippen molar-refractivity contribution in [1.29, 1.82) is 0 Å². The highest BCUT2D eigenvalue weighted by Crippen LogP contribution is 2.11. The SMILES string of the molecule is C=C(C)c1ccc([Si](C)(C)OCC)cc1. The fourth-order valence-corrected chi connectivity index (χ4v) is 3.46. The van der Waals surface area contributed by atoms with Crippen LogP contribution in [-0.4, -0.2) is 14.9 Å². The normalized spacial score (nSPS) is 11.5. The zero-order chi connectivity index (χ0) is 11.5. The van der Waals surface area contributed by atoms with E-state index in [0.717, 1.165) is 12.2 Å². The molecule has 0 bridgehead atoms. The monoisotopic (exact) mass is 220 g/mol. The van der Waals surface area contributed by atoms with E-state index in [1.54, 1.807) is 0 Å². The molecule has 0 amide bonds. The molecule has 1 rings (SSSR count). The lowest BCUT2D eigenvalue weighted by molar-refractivity contribution is 0.339. The molecule has 0 N–H and O–H groups in total. The Labute approximate surface area is 93.9 Å². The Balaban J connectivity index is 2.93. The lowest BCUT2D eigenvalue weighted by Gasteiger charge is -2.22. The molecule has 0 unspecified atom stereocenters. The topological polar surface area (TPSA) is 9.23 Å². The number of rotatable bonds is 4. The van der Waals surface area contributed by atoms with E-state index in [2.05, 4.69) is 50.9 Å². The van der Waals surface area contributed by atoms with Gasteiger partial charge in [0.15, 0.2) is 0 Å². The van der Waals surface area contributed by atoms with Gasteiger partial charge in [-0.15, -0.1) is 0 Å². The summed E-state index contributed by atoms with van der Waals surface area (Å²) in [6.07, 6.45) is 0. The molecule has 1 aromatic carbocycles. The van der Waals surface area contributed by atoms with Crippen molar-refractivity contribution in [1.82, 2.24) is 0 Å². The maximum Gasteiger partial charge on any atom is 0.218 e. The van der Waals surface area contributed by atoms with E-state index >= 15 is 0 Å². The third-order valence-electron chi connectivity index (χ3n) is 2.58. The summed E-state index contributed by atoms with van der Waals surface area (Å²) in [5.41, 5.74) is 2.32. The van der Waals surface area contributed by atoms with E-state index in [4.69, 9.17) is 4.43 Å². The Morgan fingerprint density at radius 1 is 1.27 bits per heavy atom. The number of benzene rings is 1. The zero-order valence-electron chi connectivity index (χ0n) is 10.1. The third-order valence-corrected chi connectivity index (χ3v) is 5.31. The molecular weight excluding hydrogens is 200 g/mol. The summed E-state index contributed by atoms with van der Waals surface area (Å²) in [6.45, 7) is 13.3. The minimum atomic E-state index is -1.67. The molecule has 0 radical (unpaired) electrons. The average Bonchev–Trinajstić information content (AvgIpc) is 2.18. The largest absolute Gasteiger partial charge is 0.413 e. The predicted octanol–water partition coefficient (Wildman–Crippen LogP) is 3.17. The van der Waals surface area contributed by atoms with Gasteiger partial charge in [-0.05, 0) is 37.7 Å². The first-order valence-electron chi connectivity index (χ1n) is 5.37. The van der Waals surface area contributed by atoms with Gasteiger partial charge in [0.05, 0.1) is 0 Å². The first-order chi connectivity index (χ1) is 6.97. The Morgan fingerprint density at radius 2 is 1.80 bits per heavy atom. The number of allylic oxidation sites excluding steroid dienone is 1. The molecule has 0 aliphatic rings. The molecule has 0 fully saturated rings. The summed E-state index contributed by atoms with van der Waals surface area (Å²) in [4.78, 5) is 0. The van der Waals surface area contributed by atoms with Crippen LogP contribution in [0.25, 0.3) is 5.57 Å². The van der Waals surface area contributed by atoms with Gasteiger partial charge in [0.1, 0.15) is 0 Å². The summed E-state index contributed by atoms with van der Waals surface area (Å²) < 4.78 is 5.83. The van der Waals surface area contributed by atoms with Gasteiger partial charge in [-0.25, -0.2) is 0 Å². The van der Waals surface area contributed by atoms with Gasteiger partial charge >= 0.3 is 0 Å². The summed E-state index contributed by atoms with van der Waals surface area (Å²) in [5.74, 6) is 0. The lowest BCUT2D eigenvalue weighted by atomic mass is 10.1. The van der Waals surface area contributed by atoms with E-state index in [-0.39, 0.29) is 0 Å². The maximum absolute atomic E-state index is 5.83. The van der Waals surface area contributed by atoms with Crippen LogP contribution in [0.4, 0.5) is 0 Å². The Bertz CT molecular complexity index is 338. The van der Waals surface area contributed by atoms with Gasteiger partial charge in [-0.3, -0.25) is 0 Å². The van der Waals surface area contributed by atoms with Gasteiger partial charge in [0, 0.05) is 6.61 Å². The van der Waals surface area contributed by atoms with Gasteiger partial charge in [-0.1, -0.05) is 36.4 Å². The van der Waals surface area contributed by atoms with Gasteiger partial charge in [-0.2, -0.15) is 0 Å². The summed E-state index contributed by atoms with van der Waals surface area (Å²) in [6, 6.07) is 8.61. The highest BCUT2D eigenvalue weighted by molar-refractivity contribution is 6.84. The van der Waals surface area contributed by atoms with Crippen LogP contribution in [0.1, 0.15) is 19.4 Å². The molecule has 2 heteroatoms. The molecule has 0 saturated carbocycles. The lowest BCUT2D eigenvalue weighted by Crippen LogP contribution is -2.44. The van der Waals surface area contributed by atoms with Crippen molar-refractivity contribution in [3.8, 4) is 0 Å². The molecule has 0 aromatic heterocycles. The number of hydrogen-bond donors (Lipinski definition) is 0. The van der Waals surface area contributed by atoms with Gasteiger partial charge in [0.2, 0.25) is 8.32 Å². The van der Waals surface area contributed by atoms with Crippen LogP contribution in [0, 0.1) is 0 Å². The van der Waals surface area contributed by atoms with Crippen LogP contribution < -0.4 is 5.19 Å². The van der Waals surface area contributed by atoms with Crippen molar-refractivity contribution < 1.29 is 4.43 Å². The first-order valence-corrected chi connectivity index (χ1v) is 8.28. The second-order valence-corrected chi connectivity index (χ2v) is 8.19. The molecule has 0 heterocycles. The highest BCUT2D eigenvalue weighted by atomic mass is 28.4. The number of hydrogen-bond acceptors (Lipinski definition) is 1. The molecule has 1 aromatic rings. The third kappa shape index (κ3) is 3.04. The Kier molecular flexibility index (Phi) is 3.88. The van der Waals surface area contributed by atoms with E-state index in [9.17, 15) is 0 Å². The fourth-order valence-electron chi connectivity index (χ4n) is 1.60. The smallest absolute Gasteiger partial charge is 0.218 e. The van der Waals surface area contributed by atoms with Crippen molar-refractivity contribution in [2.75, 3.05) is 6.61 Å². The molecule has 0 spiro atoms. The van der Waals surface area contributed by atoms with Crippen molar-refractivity contribution in [2.24, 2.45) is 0 Å². The summed E-state index contributed by atoms with van der Waals surface area (Å²) >= 11 is 0. The molecule has 0 atom stereocenters. The maximum atomic E-state index is 5.83. The van der Waals surface area contributed by atoms with Crippen molar-refractivity contribution in [2.45, 2.75) is 26.9 Å². The Morgan fingerprint density at radius 3 is 2.20 bits per heavy atom. The predicted molar refractivity (Wildman–Crippen MR) is 69.9 cm³/mol. The molecule has 15 heavy (non-hydrogen) atoms. The second kappa shape index (κ2) is 4.77. The first kappa shape index (κ1) is 12.2. The van der Waals surface area contributed by atoms with E-state index < -0.39 is 8.32 Å². The quantitative estimate of drug-likeness (QED) is 0.708. The molecule has 1 nitrogen and oxygen atoms in total. The van der Waals surface area contributed by atoms with Crippen LogP contribution in [0.2, 0.25) is 13.1 Å². The van der Waals surface area contributed by atoms with Crippen molar-refractivity contribution >= 4 is 19.1 Å². The standard InChI is InChI=1S/C13H20OSi/c1-6-14-15(4,5)13-9-7-12(8-10-13)11(2)3/h7-10H,2,6H2,1,3-5H3. The van der Waals surface area contributed by atoms with Crippen LogP contribution >= 0.6 is 0 Å². The summed E-state index contributed by atoms with van der Waals surface area (Å²) in [7, 11) is -1.67.